The van der Waals surface area contributed by atoms with Crippen LogP contribution in [0.2, 0.25) is 0 Å². The van der Waals surface area contributed by atoms with E-state index in [4.69, 9.17) is 4.74 Å². The van der Waals surface area contributed by atoms with Gasteiger partial charge in [-0.1, -0.05) is 25.1 Å². The molecule has 0 heterocycles. The second-order valence-electron chi connectivity index (χ2n) is 3.06. The lowest BCUT2D eigenvalue weighted by atomic mass is 10.3. The van der Waals surface area contributed by atoms with Crippen LogP contribution in [0.4, 0.5) is 10.1 Å². The summed E-state index contributed by atoms with van der Waals surface area (Å²) in [6, 6.07) is 5.05. The van der Waals surface area contributed by atoms with E-state index in [1.165, 1.54) is 0 Å². The molecule has 0 fully saturated rings. The summed E-state index contributed by atoms with van der Waals surface area (Å²) in [5.74, 6) is -0.0625. The molecule has 3 heteroatoms. The number of benzene rings is 1. The fraction of sp³-hybridized carbons (Fsp3) is 0.333. The molecule has 82 valence electrons. The molecular formula is C12H16FNO. The molecule has 15 heavy (non-hydrogen) atoms. The lowest BCUT2D eigenvalue weighted by molar-refractivity contribution is 0.342. The summed E-state index contributed by atoms with van der Waals surface area (Å²) in [7, 11) is 1.68. The van der Waals surface area contributed by atoms with Crippen LogP contribution in [-0.4, -0.2) is 13.7 Å². The number of rotatable bonds is 5. The minimum absolute atomic E-state index is 0.280. The summed E-state index contributed by atoms with van der Waals surface area (Å²) in [6.07, 6.45) is 4.83. The van der Waals surface area contributed by atoms with Crippen molar-refractivity contribution in [2.45, 2.75) is 13.3 Å². The van der Waals surface area contributed by atoms with Crippen LogP contribution in [0.5, 0.6) is 5.75 Å². The third kappa shape index (κ3) is 3.27. The van der Waals surface area contributed by atoms with Crippen LogP contribution in [0.15, 0.2) is 30.4 Å². The van der Waals surface area contributed by atoms with Crippen LogP contribution in [0.25, 0.3) is 0 Å². The summed E-state index contributed by atoms with van der Waals surface area (Å²) in [4.78, 5) is 0. The van der Waals surface area contributed by atoms with Crippen molar-refractivity contribution in [3.8, 4) is 5.75 Å². The summed E-state index contributed by atoms with van der Waals surface area (Å²) < 4.78 is 18.9. The van der Waals surface area contributed by atoms with Crippen molar-refractivity contribution in [1.82, 2.24) is 0 Å². The molecule has 0 spiro atoms. The standard InChI is InChI=1S/C12H16FNO/c1-3-4-5-9-15-11-8-6-7-10(14-2)12(11)13/h4-8,14H,3,9H2,1-2H3. The van der Waals surface area contributed by atoms with Gasteiger partial charge in [-0.15, -0.1) is 0 Å². The molecule has 0 aliphatic heterocycles. The topological polar surface area (TPSA) is 21.3 Å². The molecule has 0 atom stereocenters. The highest BCUT2D eigenvalue weighted by Gasteiger charge is 2.06. The first-order chi connectivity index (χ1) is 7.29. The molecule has 1 rings (SSSR count). The molecule has 0 radical (unpaired) electrons. The molecule has 0 bridgehead atoms. The van der Waals surface area contributed by atoms with Gasteiger partial charge in [0.2, 0.25) is 0 Å². The Kier molecular flexibility index (Phi) is 4.68. The Hall–Kier alpha value is -1.51. The average Bonchev–Trinajstić information content (AvgIpc) is 2.26. The lowest BCUT2D eigenvalue weighted by Gasteiger charge is -2.07. The monoisotopic (exact) mass is 209 g/mol. The minimum atomic E-state index is -0.343. The maximum absolute atomic E-state index is 13.6. The number of ether oxygens (including phenoxy) is 1. The molecule has 0 aromatic heterocycles. The third-order valence-corrected chi connectivity index (χ3v) is 1.97. The fourth-order valence-electron chi connectivity index (χ4n) is 1.19. The first-order valence-electron chi connectivity index (χ1n) is 5.03. The molecular weight excluding hydrogens is 193 g/mol. The Bertz CT molecular complexity index is 336. The Labute approximate surface area is 89.8 Å². The number of halogens is 1. The maximum atomic E-state index is 13.6. The predicted octanol–water partition coefficient (Wildman–Crippen LogP) is 3.21. The average molecular weight is 209 g/mol. The van der Waals surface area contributed by atoms with E-state index in [9.17, 15) is 4.39 Å². The van der Waals surface area contributed by atoms with Gasteiger partial charge in [-0.25, -0.2) is 4.39 Å². The highest BCUT2D eigenvalue weighted by Crippen LogP contribution is 2.23. The number of hydrogen-bond acceptors (Lipinski definition) is 2. The first-order valence-corrected chi connectivity index (χ1v) is 5.03. The van der Waals surface area contributed by atoms with Crippen LogP contribution in [0, 0.1) is 5.82 Å². The fourth-order valence-corrected chi connectivity index (χ4v) is 1.19. The zero-order valence-electron chi connectivity index (χ0n) is 9.09. The van der Waals surface area contributed by atoms with Crippen LogP contribution in [-0.2, 0) is 0 Å². The molecule has 0 aliphatic rings. The molecule has 1 N–H and O–H groups in total. The van der Waals surface area contributed by atoms with Gasteiger partial charge in [-0.2, -0.15) is 0 Å². The molecule has 1 aromatic rings. The van der Waals surface area contributed by atoms with Crippen molar-refractivity contribution >= 4 is 5.69 Å². The van der Waals surface area contributed by atoms with Crippen molar-refractivity contribution < 1.29 is 9.13 Å². The highest BCUT2D eigenvalue weighted by atomic mass is 19.1. The molecule has 0 amide bonds. The van der Waals surface area contributed by atoms with Gasteiger partial charge in [0.15, 0.2) is 11.6 Å². The first kappa shape index (κ1) is 11.6. The molecule has 0 saturated carbocycles. The SMILES string of the molecule is CCC=CCOc1cccc(NC)c1F. The van der Waals surface area contributed by atoms with Gasteiger partial charge in [-0.3, -0.25) is 0 Å². The van der Waals surface area contributed by atoms with Gasteiger partial charge in [0.05, 0.1) is 5.69 Å². The predicted molar refractivity (Wildman–Crippen MR) is 60.9 cm³/mol. The number of nitrogens with one attached hydrogen (secondary N) is 1. The van der Waals surface area contributed by atoms with E-state index in [2.05, 4.69) is 5.32 Å². The van der Waals surface area contributed by atoms with Crippen molar-refractivity contribution in [2.24, 2.45) is 0 Å². The Morgan fingerprint density at radius 3 is 2.87 bits per heavy atom. The lowest BCUT2D eigenvalue weighted by Crippen LogP contribution is -1.99. The van der Waals surface area contributed by atoms with Crippen LogP contribution < -0.4 is 10.1 Å². The Balaban J connectivity index is 2.64. The number of hydrogen-bond donors (Lipinski definition) is 1. The smallest absolute Gasteiger partial charge is 0.188 e. The van der Waals surface area contributed by atoms with E-state index < -0.39 is 0 Å². The molecule has 0 unspecified atom stereocenters. The maximum Gasteiger partial charge on any atom is 0.188 e. The van der Waals surface area contributed by atoms with Crippen LogP contribution in [0.1, 0.15) is 13.3 Å². The minimum Gasteiger partial charge on any atom is -0.486 e. The zero-order chi connectivity index (χ0) is 11.1. The quantitative estimate of drug-likeness (QED) is 0.752. The number of allylic oxidation sites excluding steroid dienone is 1. The van der Waals surface area contributed by atoms with Gasteiger partial charge in [0, 0.05) is 7.05 Å². The molecule has 0 saturated heterocycles. The largest absolute Gasteiger partial charge is 0.486 e. The summed E-state index contributed by atoms with van der Waals surface area (Å²) in [5, 5.41) is 2.76. The van der Waals surface area contributed by atoms with E-state index in [-0.39, 0.29) is 11.6 Å². The highest BCUT2D eigenvalue weighted by molar-refractivity contribution is 5.49. The van der Waals surface area contributed by atoms with Crippen molar-refractivity contribution in [2.75, 3.05) is 19.0 Å². The van der Waals surface area contributed by atoms with E-state index in [1.807, 2.05) is 19.1 Å². The third-order valence-electron chi connectivity index (χ3n) is 1.97. The Morgan fingerprint density at radius 2 is 2.20 bits per heavy atom. The van der Waals surface area contributed by atoms with E-state index >= 15 is 0 Å². The van der Waals surface area contributed by atoms with Gasteiger partial charge in [0.1, 0.15) is 6.61 Å². The van der Waals surface area contributed by atoms with Gasteiger partial charge < -0.3 is 10.1 Å². The van der Waals surface area contributed by atoms with Crippen LogP contribution >= 0.6 is 0 Å². The van der Waals surface area contributed by atoms with Gasteiger partial charge >= 0.3 is 0 Å². The molecule has 2 nitrogen and oxygen atoms in total. The van der Waals surface area contributed by atoms with Gasteiger partial charge in [0.25, 0.3) is 0 Å². The normalized spacial score (nSPS) is 10.6. The van der Waals surface area contributed by atoms with E-state index in [0.717, 1.165) is 6.42 Å². The summed E-state index contributed by atoms with van der Waals surface area (Å²) in [6.45, 7) is 2.44. The molecule has 1 aromatic carbocycles. The Morgan fingerprint density at radius 1 is 1.40 bits per heavy atom. The van der Waals surface area contributed by atoms with Crippen molar-refractivity contribution in [3.63, 3.8) is 0 Å². The zero-order valence-corrected chi connectivity index (χ0v) is 9.09. The number of anilines is 1. The summed E-state index contributed by atoms with van der Waals surface area (Å²) in [5.41, 5.74) is 0.451. The second-order valence-corrected chi connectivity index (χ2v) is 3.06. The summed E-state index contributed by atoms with van der Waals surface area (Å²) >= 11 is 0. The van der Waals surface area contributed by atoms with E-state index in [1.54, 1.807) is 25.2 Å². The van der Waals surface area contributed by atoms with Crippen molar-refractivity contribution in [1.29, 1.82) is 0 Å². The van der Waals surface area contributed by atoms with E-state index in [0.29, 0.717) is 12.3 Å². The second kappa shape index (κ2) is 6.06. The molecule has 0 aliphatic carbocycles. The van der Waals surface area contributed by atoms with Crippen LogP contribution in [0.3, 0.4) is 0 Å². The van der Waals surface area contributed by atoms with Crippen molar-refractivity contribution in [3.05, 3.63) is 36.2 Å². The van der Waals surface area contributed by atoms with Gasteiger partial charge in [-0.05, 0) is 18.6 Å².